The molecule has 1 aromatic rings. The predicted octanol–water partition coefficient (Wildman–Crippen LogP) is 1.10. The monoisotopic (exact) mass is 251 g/mol. The molecule has 1 aliphatic rings. The Balaban J connectivity index is 1.62. The summed E-state index contributed by atoms with van der Waals surface area (Å²) in [5.74, 6) is 0. The number of amides is 2. The summed E-state index contributed by atoms with van der Waals surface area (Å²) in [6.45, 7) is 1.19. The molecule has 1 saturated carbocycles. The maximum absolute atomic E-state index is 11.6. The number of carbonyl (C=O) groups excluding carboxylic acids is 1. The topological polar surface area (TPSA) is 85.0 Å². The molecule has 18 heavy (non-hydrogen) atoms. The zero-order chi connectivity index (χ0) is 12.8. The van der Waals surface area contributed by atoms with Crippen molar-refractivity contribution in [3.05, 3.63) is 12.4 Å². The fourth-order valence-corrected chi connectivity index (χ4v) is 2.27. The van der Waals surface area contributed by atoms with Gasteiger partial charge in [-0.1, -0.05) is 19.3 Å². The number of rotatable bonds is 4. The molecular weight excluding hydrogens is 230 g/mol. The first-order valence-electron chi connectivity index (χ1n) is 6.56. The Labute approximate surface area is 107 Å². The second-order valence-electron chi connectivity index (χ2n) is 4.77. The zero-order valence-corrected chi connectivity index (χ0v) is 10.6. The minimum Gasteiger partial charge on any atom is -0.396 e. The average molecular weight is 251 g/mol. The molecule has 0 radical (unpaired) electrons. The number of aromatic nitrogens is 2. The first-order chi connectivity index (χ1) is 8.74. The first-order valence-corrected chi connectivity index (χ1v) is 6.56. The van der Waals surface area contributed by atoms with Gasteiger partial charge in [-0.3, -0.25) is 4.68 Å². The highest BCUT2D eigenvalue weighted by Gasteiger charge is 2.14. The molecule has 1 aliphatic carbocycles. The van der Waals surface area contributed by atoms with Crippen molar-refractivity contribution in [1.82, 2.24) is 20.4 Å². The Kier molecular flexibility index (Phi) is 4.44. The van der Waals surface area contributed by atoms with Crippen LogP contribution >= 0.6 is 0 Å². The van der Waals surface area contributed by atoms with E-state index in [1.807, 2.05) is 0 Å². The average Bonchev–Trinajstić information content (AvgIpc) is 2.76. The minimum absolute atomic E-state index is 0.0815. The van der Waals surface area contributed by atoms with Crippen LogP contribution in [0.5, 0.6) is 0 Å². The number of nitrogens with zero attached hydrogens (tertiary/aromatic N) is 2. The van der Waals surface area contributed by atoms with Crippen LogP contribution in [0.4, 0.5) is 10.5 Å². The molecule has 0 unspecified atom stereocenters. The van der Waals surface area contributed by atoms with Crippen LogP contribution < -0.4 is 16.4 Å². The largest absolute Gasteiger partial charge is 0.396 e. The molecule has 6 heteroatoms. The Hall–Kier alpha value is -1.72. The van der Waals surface area contributed by atoms with Crippen molar-refractivity contribution in [2.45, 2.75) is 44.7 Å². The number of urea groups is 1. The van der Waals surface area contributed by atoms with E-state index in [-0.39, 0.29) is 6.03 Å². The molecule has 0 aromatic carbocycles. The van der Waals surface area contributed by atoms with Crippen LogP contribution in [0.1, 0.15) is 32.1 Å². The lowest BCUT2D eigenvalue weighted by atomic mass is 9.96. The van der Waals surface area contributed by atoms with E-state index >= 15 is 0 Å². The van der Waals surface area contributed by atoms with E-state index in [0.717, 1.165) is 12.8 Å². The van der Waals surface area contributed by atoms with Crippen LogP contribution in [0, 0.1) is 0 Å². The van der Waals surface area contributed by atoms with E-state index in [1.54, 1.807) is 17.1 Å². The minimum atomic E-state index is -0.0815. The summed E-state index contributed by atoms with van der Waals surface area (Å²) < 4.78 is 1.72. The molecule has 0 saturated heterocycles. The molecule has 1 fully saturated rings. The number of nitrogen functional groups attached to an aromatic ring is 1. The number of anilines is 1. The van der Waals surface area contributed by atoms with Gasteiger partial charge >= 0.3 is 6.03 Å². The van der Waals surface area contributed by atoms with E-state index in [9.17, 15) is 4.79 Å². The normalized spacial score (nSPS) is 16.4. The van der Waals surface area contributed by atoms with Gasteiger partial charge < -0.3 is 16.4 Å². The number of nitrogens with two attached hydrogens (primary N) is 1. The summed E-state index contributed by atoms with van der Waals surface area (Å²) >= 11 is 0. The number of hydrogen-bond donors (Lipinski definition) is 3. The second kappa shape index (κ2) is 6.28. The third-order valence-corrected chi connectivity index (χ3v) is 3.22. The molecule has 2 rings (SSSR count). The van der Waals surface area contributed by atoms with Crippen molar-refractivity contribution >= 4 is 11.7 Å². The molecule has 100 valence electrons. The number of nitrogens with one attached hydrogen (secondary N) is 2. The summed E-state index contributed by atoms with van der Waals surface area (Å²) in [5.41, 5.74) is 6.19. The number of hydrogen-bond acceptors (Lipinski definition) is 3. The molecule has 0 bridgehead atoms. The highest BCUT2D eigenvalue weighted by atomic mass is 16.2. The predicted molar refractivity (Wildman–Crippen MR) is 70.0 cm³/mol. The van der Waals surface area contributed by atoms with Gasteiger partial charge in [0.2, 0.25) is 0 Å². The van der Waals surface area contributed by atoms with Crippen molar-refractivity contribution in [2.24, 2.45) is 0 Å². The lowest BCUT2D eigenvalue weighted by Crippen LogP contribution is -2.43. The molecule has 6 nitrogen and oxygen atoms in total. The van der Waals surface area contributed by atoms with E-state index in [0.29, 0.717) is 24.8 Å². The summed E-state index contributed by atoms with van der Waals surface area (Å²) in [7, 11) is 0. The quantitative estimate of drug-likeness (QED) is 0.749. The van der Waals surface area contributed by atoms with Crippen LogP contribution in [0.2, 0.25) is 0 Å². The molecule has 0 atom stereocenters. The van der Waals surface area contributed by atoms with Crippen LogP contribution in [0.25, 0.3) is 0 Å². The molecule has 1 aromatic heterocycles. The molecular formula is C12H21N5O. The fourth-order valence-electron chi connectivity index (χ4n) is 2.27. The van der Waals surface area contributed by atoms with Gasteiger partial charge in [-0.15, -0.1) is 0 Å². The van der Waals surface area contributed by atoms with Crippen molar-refractivity contribution < 1.29 is 4.79 Å². The fraction of sp³-hybridized carbons (Fsp3) is 0.667. The molecule has 1 heterocycles. The van der Waals surface area contributed by atoms with E-state index < -0.39 is 0 Å². The van der Waals surface area contributed by atoms with Gasteiger partial charge in [0.05, 0.1) is 18.4 Å². The van der Waals surface area contributed by atoms with Gasteiger partial charge in [-0.25, -0.2) is 4.79 Å². The molecule has 0 aliphatic heterocycles. The summed E-state index contributed by atoms with van der Waals surface area (Å²) in [5, 5.41) is 9.89. The zero-order valence-electron chi connectivity index (χ0n) is 10.6. The summed E-state index contributed by atoms with van der Waals surface area (Å²) in [6, 6.07) is 0.265. The lowest BCUT2D eigenvalue weighted by molar-refractivity contribution is 0.232. The van der Waals surface area contributed by atoms with Gasteiger partial charge in [0.25, 0.3) is 0 Å². The molecule has 2 amide bonds. The van der Waals surface area contributed by atoms with E-state index in [2.05, 4.69) is 15.7 Å². The first kappa shape index (κ1) is 12.7. The standard InChI is InChI=1S/C12H21N5O/c13-10-8-15-17(9-10)7-6-14-12(18)16-11-4-2-1-3-5-11/h8-9,11H,1-7,13H2,(H2,14,16,18). The van der Waals surface area contributed by atoms with Gasteiger partial charge in [0.1, 0.15) is 0 Å². The Morgan fingerprint density at radius 2 is 2.22 bits per heavy atom. The maximum Gasteiger partial charge on any atom is 0.315 e. The SMILES string of the molecule is Nc1cnn(CCNC(=O)NC2CCCCC2)c1. The molecule has 0 spiro atoms. The van der Waals surface area contributed by atoms with Crippen LogP contribution in [-0.2, 0) is 6.54 Å². The maximum atomic E-state index is 11.6. The van der Waals surface area contributed by atoms with Crippen LogP contribution in [0.15, 0.2) is 12.4 Å². The smallest absolute Gasteiger partial charge is 0.315 e. The lowest BCUT2D eigenvalue weighted by Gasteiger charge is -2.22. The van der Waals surface area contributed by atoms with Crippen molar-refractivity contribution in [1.29, 1.82) is 0 Å². The second-order valence-corrected chi connectivity index (χ2v) is 4.77. The van der Waals surface area contributed by atoms with Crippen molar-refractivity contribution in [3.63, 3.8) is 0 Å². The summed E-state index contributed by atoms with van der Waals surface area (Å²) in [4.78, 5) is 11.6. The highest BCUT2D eigenvalue weighted by molar-refractivity contribution is 5.74. The Bertz CT molecular complexity index is 384. The Morgan fingerprint density at radius 3 is 2.89 bits per heavy atom. The highest BCUT2D eigenvalue weighted by Crippen LogP contribution is 2.16. The van der Waals surface area contributed by atoms with Gasteiger partial charge in [-0.05, 0) is 12.8 Å². The van der Waals surface area contributed by atoms with Crippen molar-refractivity contribution in [2.75, 3.05) is 12.3 Å². The summed E-state index contributed by atoms with van der Waals surface area (Å²) in [6.07, 6.45) is 9.28. The van der Waals surface area contributed by atoms with Gasteiger partial charge in [0.15, 0.2) is 0 Å². The van der Waals surface area contributed by atoms with Crippen LogP contribution in [0.3, 0.4) is 0 Å². The van der Waals surface area contributed by atoms with Gasteiger partial charge in [0, 0.05) is 18.8 Å². The number of carbonyl (C=O) groups is 1. The van der Waals surface area contributed by atoms with Crippen molar-refractivity contribution in [3.8, 4) is 0 Å². The van der Waals surface area contributed by atoms with Gasteiger partial charge in [-0.2, -0.15) is 5.10 Å². The third kappa shape index (κ3) is 3.94. The molecule has 4 N–H and O–H groups in total. The van der Waals surface area contributed by atoms with E-state index in [1.165, 1.54) is 19.3 Å². The van der Waals surface area contributed by atoms with E-state index in [4.69, 9.17) is 5.73 Å². The Morgan fingerprint density at radius 1 is 1.44 bits per heavy atom. The van der Waals surface area contributed by atoms with Crippen LogP contribution in [-0.4, -0.2) is 28.4 Å². The third-order valence-electron chi connectivity index (χ3n) is 3.22.